The summed E-state index contributed by atoms with van der Waals surface area (Å²) in [6.07, 6.45) is 4.67. The normalized spacial score (nSPS) is 37.4. The summed E-state index contributed by atoms with van der Waals surface area (Å²) < 4.78 is 5.69. The highest BCUT2D eigenvalue weighted by atomic mass is 16.5. The SMILES string of the molecule is CCC1COC(C)CN1C(=O)C1CC12CCNCC2. The Kier molecular flexibility index (Phi) is 3.56. The second-order valence-electron chi connectivity index (χ2n) is 6.57. The molecule has 2 aliphatic heterocycles. The quantitative estimate of drug-likeness (QED) is 0.821. The number of amides is 1. The molecule has 2 saturated heterocycles. The number of piperidine rings is 1. The fourth-order valence-corrected chi connectivity index (χ4v) is 3.83. The van der Waals surface area contributed by atoms with Gasteiger partial charge in [-0.2, -0.15) is 0 Å². The lowest BCUT2D eigenvalue weighted by molar-refractivity contribution is -0.146. The van der Waals surface area contributed by atoms with Gasteiger partial charge in [-0.1, -0.05) is 6.92 Å². The highest BCUT2D eigenvalue weighted by molar-refractivity contribution is 5.83. The van der Waals surface area contributed by atoms with E-state index in [1.165, 1.54) is 12.8 Å². The van der Waals surface area contributed by atoms with Gasteiger partial charge >= 0.3 is 0 Å². The van der Waals surface area contributed by atoms with Crippen molar-refractivity contribution in [3.05, 3.63) is 0 Å². The van der Waals surface area contributed by atoms with Crippen LogP contribution in [-0.2, 0) is 9.53 Å². The van der Waals surface area contributed by atoms with Crippen LogP contribution in [-0.4, -0.2) is 49.2 Å². The zero-order chi connectivity index (χ0) is 13.5. The Hall–Kier alpha value is -0.610. The highest BCUT2D eigenvalue weighted by Crippen LogP contribution is 2.59. The maximum Gasteiger partial charge on any atom is 0.226 e. The van der Waals surface area contributed by atoms with Crippen LogP contribution >= 0.6 is 0 Å². The average Bonchev–Trinajstić information content (AvgIpc) is 3.12. The molecule has 0 radical (unpaired) electrons. The molecule has 1 saturated carbocycles. The van der Waals surface area contributed by atoms with E-state index in [9.17, 15) is 4.79 Å². The maximum atomic E-state index is 12.8. The zero-order valence-electron chi connectivity index (χ0n) is 12.2. The van der Waals surface area contributed by atoms with Crippen molar-refractivity contribution < 1.29 is 9.53 Å². The number of hydrogen-bond acceptors (Lipinski definition) is 3. The smallest absolute Gasteiger partial charge is 0.226 e. The van der Waals surface area contributed by atoms with Crippen molar-refractivity contribution in [2.75, 3.05) is 26.2 Å². The minimum absolute atomic E-state index is 0.189. The molecule has 2 heterocycles. The van der Waals surface area contributed by atoms with Crippen LogP contribution in [0.15, 0.2) is 0 Å². The molecule has 0 aromatic heterocycles. The lowest BCUT2D eigenvalue weighted by Gasteiger charge is -2.39. The molecule has 0 aromatic rings. The second kappa shape index (κ2) is 5.06. The molecule has 4 heteroatoms. The van der Waals surface area contributed by atoms with Crippen LogP contribution in [0, 0.1) is 11.3 Å². The summed E-state index contributed by atoms with van der Waals surface area (Å²) >= 11 is 0. The van der Waals surface area contributed by atoms with Crippen molar-refractivity contribution in [2.24, 2.45) is 11.3 Å². The maximum absolute atomic E-state index is 12.8. The summed E-state index contributed by atoms with van der Waals surface area (Å²) in [7, 11) is 0. The third-order valence-corrected chi connectivity index (χ3v) is 5.31. The number of ether oxygens (including phenoxy) is 1. The van der Waals surface area contributed by atoms with Gasteiger partial charge in [-0.05, 0) is 51.1 Å². The van der Waals surface area contributed by atoms with Gasteiger partial charge in [-0.3, -0.25) is 4.79 Å². The van der Waals surface area contributed by atoms with Crippen LogP contribution in [0.5, 0.6) is 0 Å². The number of morpholine rings is 1. The Bertz CT molecular complexity index is 352. The molecule has 3 fully saturated rings. The number of nitrogens with zero attached hydrogens (tertiary/aromatic N) is 1. The van der Waals surface area contributed by atoms with Gasteiger partial charge in [0.15, 0.2) is 0 Å². The van der Waals surface area contributed by atoms with Gasteiger partial charge in [0, 0.05) is 12.5 Å². The molecule has 0 bridgehead atoms. The van der Waals surface area contributed by atoms with Crippen molar-refractivity contribution in [3.8, 4) is 0 Å². The number of carbonyl (C=O) groups excluding carboxylic acids is 1. The van der Waals surface area contributed by atoms with E-state index in [1.807, 2.05) is 0 Å². The fraction of sp³-hybridized carbons (Fsp3) is 0.933. The molecule has 3 atom stereocenters. The fourth-order valence-electron chi connectivity index (χ4n) is 3.83. The summed E-state index contributed by atoms with van der Waals surface area (Å²) in [5.41, 5.74) is 0.349. The minimum atomic E-state index is 0.189. The molecule has 1 amide bonds. The molecular weight excluding hydrogens is 240 g/mol. The first-order valence-corrected chi connectivity index (χ1v) is 7.79. The second-order valence-corrected chi connectivity index (χ2v) is 6.57. The van der Waals surface area contributed by atoms with Gasteiger partial charge in [0.1, 0.15) is 0 Å². The van der Waals surface area contributed by atoms with E-state index < -0.39 is 0 Å². The predicted molar refractivity (Wildman–Crippen MR) is 73.8 cm³/mol. The summed E-state index contributed by atoms with van der Waals surface area (Å²) in [5, 5.41) is 3.40. The van der Waals surface area contributed by atoms with Gasteiger partial charge in [0.25, 0.3) is 0 Å². The third-order valence-electron chi connectivity index (χ3n) is 5.31. The Morgan fingerprint density at radius 2 is 2.16 bits per heavy atom. The van der Waals surface area contributed by atoms with E-state index in [4.69, 9.17) is 4.74 Å². The van der Waals surface area contributed by atoms with Crippen molar-refractivity contribution >= 4 is 5.91 Å². The average molecular weight is 266 g/mol. The Labute approximate surface area is 115 Å². The molecule has 3 rings (SSSR count). The van der Waals surface area contributed by atoms with E-state index in [0.29, 0.717) is 29.9 Å². The van der Waals surface area contributed by atoms with Gasteiger partial charge in [0.05, 0.1) is 18.8 Å². The summed E-state index contributed by atoms with van der Waals surface area (Å²) in [4.78, 5) is 14.9. The highest BCUT2D eigenvalue weighted by Gasteiger charge is 2.59. The van der Waals surface area contributed by atoms with E-state index >= 15 is 0 Å². The number of hydrogen-bond donors (Lipinski definition) is 1. The number of rotatable bonds is 2. The largest absolute Gasteiger partial charge is 0.375 e. The van der Waals surface area contributed by atoms with Crippen LogP contribution < -0.4 is 5.32 Å². The molecular formula is C15H26N2O2. The summed E-state index contributed by atoms with van der Waals surface area (Å²) in [5.74, 6) is 0.706. The monoisotopic (exact) mass is 266 g/mol. The molecule has 3 unspecified atom stereocenters. The molecule has 3 aliphatic rings. The number of nitrogens with one attached hydrogen (secondary N) is 1. The Morgan fingerprint density at radius 1 is 1.42 bits per heavy atom. The molecule has 4 nitrogen and oxygen atoms in total. The first kappa shape index (κ1) is 13.4. The standard InChI is InChI=1S/C15H26N2O2/c1-3-12-10-19-11(2)9-17(12)14(18)13-8-15(13)4-6-16-7-5-15/h11-13,16H,3-10H2,1-2H3. The van der Waals surface area contributed by atoms with E-state index in [2.05, 4.69) is 24.1 Å². The van der Waals surface area contributed by atoms with Gasteiger partial charge in [-0.15, -0.1) is 0 Å². The van der Waals surface area contributed by atoms with Crippen LogP contribution in [0.1, 0.15) is 39.5 Å². The van der Waals surface area contributed by atoms with Gasteiger partial charge < -0.3 is 15.0 Å². The molecule has 1 aliphatic carbocycles. The van der Waals surface area contributed by atoms with E-state index in [-0.39, 0.29) is 6.10 Å². The third kappa shape index (κ3) is 2.40. The molecule has 108 valence electrons. The Balaban J connectivity index is 1.66. The molecule has 19 heavy (non-hydrogen) atoms. The van der Waals surface area contributed by atoms with Crippen LogP contribution in [0.3, 0.4) is 0 Å². The Morgan fingerprint density at radius 3 is 2.84 bits per heavy atom. The minimum Gasteiger partial charge on any atom is -0.375 e. The van der Waals surface area contributed by atoms with Crippen molar-refractivity contribution in [3.63, 3.8) is 0 Å². The zero-order valence-corrected chi connectivity index (χ0v) is 12.2. The first-order chi connectivity index (χ1) is 9.16. The van der Waals surface area contributed by atoms with Crippen LogP contribution in [0.4, 0.5) is 0 Å². The number of carbonyl (C=O) groups is 1. The predicted octanol–water partition coefficient (Wildman–Crippen LogP) is 1.40. The summed E-state index contributed by atoms with van der Waals surface area (Å²) in [6, 6.07) is 0.295. The first-order valence-electron chi connectivity index (χ1n) is 7.79. The topological polar surface area (TPSA) is 41.6 Å². The molecule has 1 spiro atoms. The van der Waals surface area contributed by atoms with Crippen LogP contribution in [0.25, 0.3) is 0 Å². The van der Waals surface area contributed by atoms with Crippen molar-refractivity contribution in [1.29, 1.82) is 0 Å². The van der Waals surface area contributed by atoms with E-state index in [1.54, 1.807) is 0 Å². The summed E-state index contributed by atoms with van der Waals surface area (Å²) in [6.45, 7) is 7.88. The van der Waals surface area contributed by atoms with Gasteiger partial charge in [0.2, 0.25) is 5.91 Å². The van der Waals surface area contributed by atoms with Crippen molar-refractivity contribution in [2.45, 2.75) is 51.7 Å². The molecule has 0 aromatic carbocycles. The van der Waals surface area contributed by atoms with E-state index in [0.717, 1.165) is 32.5 Å². The van der Waals surface area contributed by atoms with Crippen molar-refractivity contribution in [1.82, 2.24) is 10.2 Å². The van der Waals surface area contributed by atoms with Crippen LogP contribution in [0.2, 0.25) is 0 Å². The lowest BCUT2D eigenvalue weighted by atomic mass is 9.91. The van der Waals surface area contributed by atoms with Gasteiger partial charge in [-0.25, -0.2) is 0 Å². The molecule has 1 N–H and O–H groups in total. The lowest BCUT2D eigenvalue weighted by Crippen LogP contribution is -2.52.